The Morgan fingerprint density at radius 3 is 2.39 bits per heavy atom. The fourth-order valence-electron chi connectivity index (χ4n) is 2.35. The van der Waals surface area contributed by atoms with E-state index in [1.165, 1.54) is 0 Å². The van der Waals surface area contributed by atoms with Gasteiger partial charge in [-0.2, -0.15) is 0 Å². The van der Waals surface area contributed by atoms with Crippen LogP contribution in [0.1, 0.15) is 42.8 Å². The Morgan fingerprint density at radius 1 is 1.07 bits per heavy atom. The summed E-state index contributed by atoms with van der Waals surface area (Å²) in [5.74, 6) is -0.383. The average molecular weight is 450 g/mol. The van der Waals surface area contributed by atoms with Crippen LogP contribution in [0.2, 0.25) is 0 Å². The molecule has 8 heteroatoms. The number of anilines is 1. The molecule has 0 aliphatic heterocycles. The van der Waals surface area contributed by atoms with Gasteiger partial charge in [0.25, 0.3) is 5.91 Å². The number of hydrogen-bond donors (Lipinski definition) is 3. The summed E-state index contributed by atoms with van der Waals surface area (Å²) in [5, 5.41) is 8.31. The SMILES string of the molecule is CCC(C)NC(=O)CCNC(=O)Cc1ccc(NC(=O)c2ccc(Br)o2)cc1. The van der Waals surface area contributed by atoms with E-state index in [2.05, 4.69) is 31.9 Å². The van der Waals surface area contributed by atoms with E-state index in [4.69, 9.17) is 4.42 Å². The Kier molecular flexibility index (Phi) is 8.25. The molecule has 2 aromatic rings. The number of carbonyl (C=O) groups is 3. The molecule has 7 nitrogen and oxygen atoms in total. The molecule has 0 aliphatic carbocycles. The van der Waals surface area contributed by atoms with E-state index in [1.807, 2.05) is 13.8 Å². The van der Waals surface area contributed by atoms with Crippen LogP contribution >= 0.6 is 15.9 Å². The molecule has 150 valence electrons. The van der Waals surface area contributed by atoms with Crippen LogP contribution in [0.3, 0.4) is 0 Å². The maximum atomic E-state index is 12.0. The van der Waals surface area contributed by atoms with Crippen LogP contribution in [0.15, 0.2) is 45.5 Å². The van der Waals surface area contributed by atoms with Crippen molar-refractivity contribution in [3.05, 3.63) is 52.4 Å². The van der Waals surface area contributed by atoms with E-state index >= 15 is 0 Å². The van der Waals surface area contributed by atoms with Crippen molar-refractivity contribution in [2.75, 3.05) is 11.9 Å². The van der Waals surface area contributed by atoms with Crippen molar-refractivity contribution in [3.8, 4) is 0 Å². The molecule has 0 saturated carbocycles. The van der Waals surface area contributed by atoms with Gasteiger partial charge in [0.2, 0.25) is 11.8 Å². The van der Waals surface area contributed by atoms with Crippen molar-refractivity contribution in [3.63, 3.8) is 0 Å². The number of nitrogens with one attached hydrogen (secondary N) is 3. The van der Waals surface area contributed by atoms with Crippen molar-refractivity contribution in [1.82, 2.24) is 10.6 Å². The summed E-state index contributed by atoms with van der Waals surface area (Å²) >= 11 is 3.15. The summed E-state index contributed by atoms with van der Waals surface area (Å²) < 4.78 is 5.68. The van der Waals surface area contributed by atoms with Gasteiger partial charge in [0.1, 0.15) is 0 Å². The Bertz CT molecular complexity index is 817. The van der Waals surface area contributed by atoms with E-state index in [9.17, 15) is 14.4 Å². The smallest absolute Gasteiger partial charge is 0.291 e. The lowest BCUT2D eigenvalue weighted by molar-refractivity contribution is -0.122. The van der Waals surface area contributed by atoms with Crippen LogP contribution < -0.4 is 16.0 Å². The van der Waals surface area contributed by atoms with Crippen LogP contribution in [0.5, 0.6) is 0 Å². The summed E-state index contributed by atoms with van der Waals surface area (Å²) in [6.45, 7) is 4.24. The maximum absolute atomic E-state index is 12.0. The molecule has 0 spiro atoms. The van der Waals surface area contributed by atoms with Gasteiger partial charge in [0, 0.05) is 24.7 Å². The number of rotatable bonds is 9. The second-order valence-electron chi connectivity index (χ2n) is 6.41. The van der Waals surface area contributed by atoms with Crippen LogP contribution in [0.25, 0.3) is 0 Å². The summed E-state index contributed by atoms with van der Waals surface area (Å²) in [6.07, 6.45) is 1.32. The van der Waals surface area contributed by atoms with Crippen LogP contribution in [-0.4, -0.2) is 30.3 Å². The largest absolute Gasteiger partial charge is 0.444 e. The van der Waals surface area contributed by atoms with Gasteiger partial charge in [-0.1, -0.05) is 19.1 Å². The maximum Gasteiger partial charge on any atom is 0.291 e. The highest BCUT2D eigenvalue weighted by Crippen LogP contribution is 2.16. The molecule has 0 radical (unpaired) electrons. The van der Waals surface area contributed by atoms with Crippen molar-refractivity contribution < 1.29 is 18.8 Å². The lowest BCUT2D eigenvalue weighted by Gasteiger charge is -2.11. The monoisotopic (exact) mass is 449 g/mol. The van der Waals surface area contributed by atoms with Crippen molar-refractivity contribution in [2.24, 2.45) is 0 Å². The Hall–Kier alpha value is -2.61. The number of amides is 3. The minimum absolute atomic E-state index is 0.0710. The second kappa shape index (κ2) is 10.7. The molecule has 3 amide bonds. The predicted molar refractivity (Wildman–Crippen MR) is 110 cm³/mol. The van der Waals surface area contributed by atoms with E-state index < -0.39 is 0 Å². The molecule has 28 heavy (non-hydrogen) atoms. The first kappa shape index (κ1) is 21.7. The molecule has 1 aromatic heterocycles. The second-order valence-corrected chi connectivity index (χ2v) is 7.19. The van der Waals surface area contributed by atoms with E-state index in [0.29, 0.717) is 16.9 Å². The molecule has 1 aromatic carbocycles. The Morgan fingerprint density at radius 2 is 1.79 bits per heavy atom. The van der Waals surface area contributed by atoms with Crippen LogP contribution in [0, 0.1) is 0 Å². The van der Waals surface area contributed by atoms with E-state index in [1.54, 1.807) is 36.4 Å². The third-order valence-electron chi connectivity index (χ3n) is 4.07. The summed E-state index contributed by atoms with van der Waals surface area (Å²) in [7, 11) is 0. The van der Waals surface area contributed by atoms with Gasteiger partial charge < -0.3 is 20.4 Å². The highest BCUT2D eigenvalue weighted by atomic mass is 79.9. The molecule has 0 saturated heterocycles. The van der Waals surface area contributed by atoms with Gasteiger partial charge in [-0.3, -0.25) is 14.4 Å². The minimum Gasteiger partial charge on any atom is -0.444 e. The molecular weight excluding hydrogens is 426 g/mol. The predicted octanol–water partition coefficient (Wildman–Crippen LogP) is 3.26. The van der Waals surface area contributed by atoms with Crippen LogP contribution in [-0.2, 0) is 16.0 Å². The number of halogens is 1. The summed E-state index contributed by atoms with van der Waals surface area (Å²) in [5.41, 5.74) is 1.41. The van der Waals surface area contributed by atoms with Crippen LogP contribution in [0.4, 0.5) is 5.69 Å². The fourth-order valence-corrected chi connectivity index (χ4v) is 2.65. The highest BCUT2D eigenvalue weighted by Gasteiger charge is 2.11. The van der Waals surface area contributed by atoms with Gasteiger partial charge in [-0.25, -0.2) is 0 Å². The van der Waals surface area contributed by atoms with Gasteiger partial charge >= 0.3 is 0 Å². The summed E-state index contributed by atoms with van der Waals surface area (Å²) in [4.78, 5) is 35.7. The standard InChI is InChI=1S/C20H24BrN3O4/c1-3-13(2)23-18(25)10-11-22-19(26)12-14-4-6-15(7-5-14)24-20(27)16-8-9-17(21)28-16/h4-9,13H,3,10-12H2,1-2H3,(H,22,26)(H,23,25)(H,24,27). The zero-order chi connectivity index (χ0) is 20.5. The molecule has 1 atom stereocenters. The molecule has 1 heterocycles. The average Bonchev–Trinajstić information content (AvgIpc) is 3.09. The third kappa shape index (κ3) is 7.19. The van der Waals surface area contributed by atoms with Gasteiger partial charge in [-0.15, -0.1) is 0 Å². The molecule has 0 fully saturated rings. The topological polar surface area (TPSA) is 100 Å². The number of carbonyl (C=O) groups excluding carboxylic acids is 3. The Labute approximate surface area is 172 Å². The Balaban J connectivity index is 1.75. The summed E-state index contributed by atoms with van der Waals surface area (Å²) in [6, 6.07) is 10.3. The normalized spacial score (nSPS) is 11.5. The highest BCUT2D eigenvalue weighted by molar-refractivity contribution is 9.10. The zero-order valence-electron chi connectivity index (χ0n) is 15.9. The van der Waals surface area contributed by atoms with Gasteiger partial charge in [0.15, 0.2) is 10.4 Å². The lowest BCUT2D eigenvalue weighted by atomic mass is 10.1. The van der Waals surface area contributed by atoms with E-state index in [-0.39, 0.29) is 42.4 Å². The molecule has 3 N–H and O–H groups in total. The first-order valence-electron chi connectivity index (χ1n) is 9.09. The minimum atomic E-state index is -0.355. The van der Waals surface area contributed by atoms with Gasteiger partial charge in [-0.05, 0) is 59.1 Å². The molecule has 1 unspecified atom stereocenters. The molecular formula is C20H24BrN3O4. The number of furan rings is 1. The zero-order valence-corrected chi connectivity index (χ0v) is 17.5. The fraction of sp³-hybridized carbons (Fsp3) is 0.350. The molecule has 2 rings (SSSR count). The lowest BCUT2D eigenvalue weighted by Crippen LogP contribution is -2.35. The molecule has 0 aliphatic rings. The molecule has 0 bridgehead atoms. The van der Waals surface area contributed by atoms with Gasteiger partial charge in [0.05, 0.1) is 6.42 Å². The number of benzene rings is 1. The van der Waals surface area contributed by atoms with Crippen molar-refractivity contribution in [2.45, 2.75) is 39.2 Å². The first-order valence-corrected chi connectivity index (χ1v) is 9.88. The third-order valence-corrected chi connectivity index (χ3v) is 4.49. The quantitative estimate of drug-likeness (QED) is 0.546. The van der Waals surface area contributed by atoms with Crippen molar-refractivity contribution >= 4 is 39.3 Å². The van der Waals surface area contributed by atoms with E-state index in [0.717, 1.165) is 12.0 Å². The van der Waals surface area contributed by atoms with Crippen molar-refractivity contribution in [1.29, 1.82) is 0 Å². The number of hydrogen-bond acceptors (Lipinski definition) is 4. The first-order chi connectivity index (χ1) is 13.4.